The molecule has 112 valence electrons. The molecule has 0 aliphatic rings. The van der Waals surface area contributed by atoms with Gasteiger partial charge in [0.2, 0.25) is 0 Å². The molecule has 0 radical (unpaired) electrons. The third-order valence-electron chi connectivity index (χ3n) is 3.35. The molecule has 5 heteroatoms. The monoisotopic (exact) mass is 304 g/mol. The summed E-state index contributed by atoms with van der Waals surface area (Å²) in [4.78, 5) is 16.7. The van der Waals surface area contributed by atoms with Crippen molar-refractivity contribution in [2.45, 2.75) is 20.3 Å². The van der Waals surface area contributed by atoms with Gasteiger partial charge in [0, 0.05) is 40.9 Å². The number of fused-ring (bicyclic) bond motifs is 1. The molecule has 0 bridgehead atoms. The Hall–Kier alpha value is -1.75. The fourth-order valence-corrected chi connectivity index (χ4v) is 2.83. The Morgan fingerprint density at radius 3 is 2.81 bits per heavy atom. The van der Waals surface area contributed by atoms with E-state index in [1.807, 2.05) is 26.0 Å². The minimum absolute atomic E-state index is 0.122. The predicted octanol–water partition coefficient (Wildman–Crippen LogP) is 2.35. The predicted molar refractivity (Wildman–Crippen MR) is 87.1 cm³/mol. The number of nitrogens with one attached hydrogen (secondary N) is 1. The molecule has 0 unspecified atom stereocenters. The molecular weight excluding hydrogens is 284 g/mol. The Balaban J connectivity index is 2.23. The molecule has 2 rings (SSSR count). The zero-order chi connectivity index (χ0) is 15.4. The van der Waals surface area contributed by atoms with Crippen molar-refractivity contribution < 1.29 is 9.00 Å². The Bertz CT molecular complexity index is 698. The number of carbonyl (C=O) groups is 1. The largest absolute Gasteiger partial charge is 0.352 e. The van der Waals surface area contributed by atoms with Gasteiger partial charge in [0.05, 0.1) is 11.1 Å². The number of aromatic nitrogens is 1. The fraction of sp³-hybridized carbons (Fsp3) is 0.375. The molecule has 0 fully saturated rings. The molecule has 1 N–H and O–H groups in total. The van der Waals surface area contributed by atoms with Crippen LogP contribution in [0.15, 0.2) is 24.4 Å². The van der Waals surface area contributed by atoms with E-state index in [-0.39, 0.29) is 5.91 Å². The minimum Gasteiger partial charge on any atom is -0.352 e. The summed E-state index contributed by atoms with van der Waals surface area (Å²) in [6.07, 6.45) is 4.11. The quantitative estimate of drug-likeness (QED) is 0.863. The molecule has 1 atom stereocenters. The summed E-state index contributed by atoms with van der Waals surface area (Å²) in [5.41, 5.74) is 3.49. The van der Waals surface area contributed by atoms with Crippen LogP contribution in [0, 0.1) is 13.8 Å². The fourth-order valence-electron chi connectivity index (χ4n) is 2.28. The lowest BCUT2D eigenvalue weighted by atomic mass is 10.0. The summed E-state index contributed by atoms with van der Waals surface area (Å²) in [5, 5.41) is 3.89. The summed E-state index contributed by atoms with van der Waals surface area (Å²) in [5.74, 6) is 0.482. The number of hydrogen-bond acceptors (Lipinski definition) is 3. The first-order valence-corrected chi connectivity index (χ1v) is 8.66. The highest BCUT2D eigenvalue weighted by molar-refractivity contribution is 7.84. The first kappa shape index (κ1) is 15.6. The third kappa shape index (κ3) is 3.88. The van der Waals surface area contributed by atoms with E-state index in [4.69, 9.17) is 0 Å². The van der Waals surface area contributed by atoms with Crippen LogP contribution in [-0.2, 0) is 10.8 Å². The van der Waals surface area contributed by atoms with Crippen molar-refractivity contribution in [2.24, 2.45) is 0 Å². The number of aryl methyl sites for hydroxylation is 2. The second-order valence-corrected chi connectivity index (χ2v) is 6.78. The molecule has 0 saturated heterocycles. The second-order valence-electron chi connectivity index (χ2n) is 5.22. The molecule has 0 saturated carbocycles. The van der Waals surface area contributed by atoms with E-state index >= 15 is 0 Å². The topological polar surface area (TPSA) is 59.1 Å². The van der Waals surface area contributed by atoms with Crippen LogP contribution in [0.2, 0.25) is 0 Å². The number of pyridine rings is 1. The van der Waals surface area contributed by atoms with Gasteiger partial charge in [0.1, 0.15) is 0 Å². The van der Waals surface area contributed by atoms with Gasteiger partial charge >= 0.3 is 0 Å². The molecule has 4 nitrogen and oxygen atoms in total. The molecule has 1 amide bonds. The SMILES string of the molecule is Cc1cc(C(=O)NCCC[S@](C)=O)c2nccc(C)c2c1. The van der Waals surface area contributed by atoms with Gasteiger partial charge in [-0.3, -0.25) is 14.0 Å². The first-order valence-electron chi connectivity index (χ1n) is 6.93. The standard InChI is InChI=1S/C16H20N2O2S/c1-11-9-13-12(2)5-7-17-15(13)14(10-11)16(19)18-6-4-8-21(3)20/h5,7,9-10H,4,6,8H2,1-3H3,(H,18,19)/t21-/m0/s1. The van der Waals surface area contributed by atoms with Crippen LogP contribution < -0.4 is 5.32 Å². The van der Waals surface area contributed by atoms with Gasteiger partial charge in [-0.2, -0.15) is 0 Å². The number of carbonyl (C=O) groups excluding carboxylic acids is 1. The lowest BCUT2D eigenvalue weighted by molar-refractivity contribution is 0.0955. The Kier molecular flexibility index (Phi) is 5.07. The highest BCUT2D eigenvalue weighted by Crippen LogP contribution is 2.22. The maximum Gasteiger partial charge on any atom is 0.253 e. The molecule has 0 spiro atoms. The first-order chi connectivity index (χ1) is 9.99. The highest BCUT2D eigenvalue weighted by atomic mass is 32.2. The maximum atomic E-state index is 12.3. The molecule has 0 aliphatic heterocycles. The van der Waals surface area contributed by atoms with Crippen LogP contribution in [-0.4, -0.2) is 33.7 Å². The van der Waals surface area contributed by atoms with Crippen molar-refractivity contribution in [3.05, 3.63) is 41.1 Å². The van der Waals surface area contributed by atoms with Crippen molar-refractivity contribution >= 4 is 27.6 Å². The Morgan fingerprint density at radius 2 is 2.10 bits per heavy atom. The van der Waals surface area contributed by atoms with Gasteiger partial charge in [-0.15, -0.1) is 0 Å². The molecule has 1 heterocycles. The Morgan fingerprint density at radius 1 is 1.33 bits per heavy atom. The summed E-state index contributed by atoms with van der Waals surface area (Å²) in [6, 6.07) is 5.86. The van der Waals surface area contributed by atoms with Gasteiger partial charge < -0.3 is 5.32 Å². The van der Waals surface area contributed by atoms with Crippen LogP contribution in [0.1, 0.15) is 27.9 Å². The van der Waals surface area contributed by atoms with E-state index in [1.165, 1.54) is 0 Å². The van der Waals surface area contributed by atoms with Crippen LogP contribution in [0.4, 0.5) is 0 Å². The van der Waals surface area contributed by atoms with Crippen molar-refractivity contribution in [1.29, 1.82) is 0 Å². The Labute approximate surface area is 127 Å². The molecule has 2 aromatic rings. The van der Waals surface area contributed by atoms with Gasteiger partial charge in [0.25, 0.3) is 5.91 Å². The van der Waals surface area contributed by atoms with Gasteiger partial charge in [0.15, 0.2) is 0 Å². The van der Waals surface area contributed by atoms with E-state index in [0.29, 0.717) is 24.3 Å². The van der Waals surface area contributed by atoms with E-state index in [1.54, 1.807) is 12.5 Å². The van der Waals surface area contributed by atoms with Gasteiger partial charge in [-0.1, -0.05) is 0 Å². The van der Waals surface area contributed by atoms with E-state index in [9.17, 15) is 9.00 Å². The summed E-state index contributed by atoms with van der Waals surface area (Å²) < 4.78 is 11.0. The number of rotatable bonds is 5. The molecule has 0 aliphatic carbocycles. The van der Waals surface area contributed by atoms with Crippen molar-refractivity contribution in [3.63, 3.8) is 0 Å². The van der Waals surface area contributed by atoms with Crippen molar-refractivity contribution in [3.8, 4) is 0 Å². The molecule has 1 aromatic carbocycles. The summed E-state index contributed by atoms with van der Waals surface area (Å²) in [7, 11) is -0.817. The normalized spacial score (nSPS) is 12.3. The van der Waals surface area contributed by atoms with E-state index in [2.05, 4.69) is 16.4 Å². The van der Waals surface area contributed by atoms with Gasteiger partial charge in [-0.05, 0) is 49.6 Å². The average molecular weight is 304 g/mol. The van der Waals surface area contributed by atoms with Crippen LogP contribution >= 0.6 is 0 Å². The molecule has 1 aromatic heterocycles. The second kappa shape index (κ2) is 6.80. The lowest BCUT2D eigenvalue weighted by Crippen LogP contribution is -2.26. The smallest absolute Gasteiger partial charge is 0.253 e. The zero-order valence-electron chi connectivity index (χ0n) is 12.6. The summed E-state index contributed by atoms with van der Waals surface area (Å²) in [6.45, 7) is 4.52. The minimum atomic E-state index is -0.817. The summed E-state index contributed by atoms with van der Waals surface area (Å²) >= 11 is 0. The average Bonchev–Trinajstić information content (AvgIpc) is 2.43. The number of benzene rings is 1. The van der Waals surface area contributed by atoms with Crippen LogP contribution in [0.5, 0.6) is 0 Å². The molecular formula is C16H20N2O2S. The third-order valence-corrected chi connectivity index (χ3v) is 4.21. The zero-order valence-corrected chi connectivity index (χ0v) is 13.4. The maximum absolute atomic E-state index is 12.3. The van der Waals surface area contributed by atoms with Crippen LogP contribution in [0.3, 0.4) is 0 Å². The van der Waals surface area contributed by atoms with Gasteiger partial charge in [-0.25, -0.2) is 0 Å². The highest BCUT2D eigenvalue weighted by Gasteiger charge is 2.12. The number of amides is 1. The van der Waals surface area contributed by atoms with E-state index < -0.39 is 10.8 Å². The van der Waals surface area contributed by atoms with Crippen LogP contribution in [0.25, 0.3) is 10.9 Å². The number of nitrogens with zero attached hydrogens (tertiary/aromatic N) is 1. The van der Waals surface area contributed by atoms with E-state index in [0.717, 1.165) is 22.0 Å². The lowest BCUT2D eigenvalue weighted by Gasteiger charge is -2.10. The van der Waals surface area contributed by atoms with Crippen molar-refractivity contribution in [2.75, 3.05) is 18.6 Å². The number of hydrogen-bond donors (Lipinski definition) is 1. The molecule has 21 heavy (non-hydrogen) atoms. The van der Waals surface area contributed by atoms with Crippen molar-refractivity contribution in [1.82, 2.24) is 10.3 Å².